The van der Waals surface area contributed by atoms with Gasteiger partial charge in [0.15, 0.2) is 0 Å². The number of nitrogens with one attached hydrogen (secondary N) is 1. The molecule has 2 aromatic rings. The highest BCUT2D eigenvalue weighted by atomic mass is 32.2. The van der Waals surface area contributed by atoms with Crippen LogP contribution in [0.2, 0.25) is 0 Å². The molecule has 0 radical (unpaired) electrons. The summed E-state index contributed by atoms with van der Waals surface area (Å²) in [6.07, 6.45) is 0. The van der Waals surface area contributed by atoms with E-state index in [1.807, 2.05) is 13.8 Å². The van der Waals surface area contributed by atoms with Gasteiger partial charge in [-0.3, -0.25) is 4.79 Å². The van der Waals surface area contributed by atoms with Crippen molar-refractivity contribution >= 4 is 33.2 Å². The lowest BCUT2D eigenvalue weighted by atomic mass is 10.2. The summed E-state index contributed by atoms with van der Waals surface area (Å²) in [6.45, 7) is 4.14. The summed E-state index contributed by atoms with van der Waals surface area (Å²) >= 11 is 1.47. The molecular formula is C17H19N3O5S2. The molecule has 0 spiro atoms. The molecule has 1 N–H and O–H groups in total. The quantitative estimate of drug-likeness (QED) is 0.745. The Labute approximate surface area is 161 Å². The Kier molecular flexibility index (Phi) is 5.59. The van der Waals surface area contributed by atoms with Crippen LogP contribution in [-0.2, 0) is 26.2 Å². The Bertz CT molecular complexity index is 967. The van der Waals surface area contributed by atoms with Crippen molar-refractivity contribution in [2.75, 3.05) is 19.6 Å². The number of esters is 1. The number of hydrogen-bond acceptors (Lipinski definition) is 7. The number of aryl methyl sites for hydroxylation is 2. The van der Waals surface area contributed by atoms with Crippen molar-refractivity contribution in [1.29, 1.82) is 0 Å². The second kappa shape index (κ2) is 7.75. The zero-order chi connectivity index (χ0) is 19.6. The predicted molar refractivity (Wildman–Crippen MR) is 98.9 cm³/mol. The summed E-state index contributed by atoms with van der Waals surface area (Å²) in [5.41, 5.74) is 1.08. The smallest absolute Gasteiger partial charge is 0.338 e. The summed E-state index contributed by atoms with van der Waals surface area (Å²) in [5.74, 6) is -0.875. The minimum absolute atomic E-state index is 0.0303. The standard InChI is InChI=1S/C17H19N3O5S2/c1-11-15(26-12(2)19-11)10-25-17(22)13-3-5-14(6-4-13)27(23,24)20-8-7-18-16(21)9-20/h3-6H,7-10H2,1-2H3,(H,18,21). The van der Waals surface area contributed by atoms with E-state index < -0.39 is 16.0 Å². The van der Waals surface area contributed by atoms with Crippen LogP contribution in [0, 0.1) is 13.8 Å². The number of piperazine rings is 1. The first kappa shape index (κ1) is 19.5. The topological polar surface area (TPSA) is 106 Å². The van der Waals surface area contributed by atoms with E-state index in [1.54, 1.807) is 0 Å². The molecule has 1 fully saturated rings. The van der Waals surface area contributed by atoms with Gasteiger partial charge < -0.3 is 10.1 Å². The third-order valence-electron chi connectivity index (χ3n) is 4.07. The molecule has 0 bridgehead atoms. The summed E-state index contributed by atoms with van der Waals surface area (Å²) in [5, 5.41) is 3.48. The van der Waals surface area contributed by atoms with Gasteiger partial charge in [0.25, 0.3) is 0 Å². The third-order valence-corrected chi connectivity index (χ3v) is 6.97. The zero-order valence-electron chi connectivity index (χ0n) is 14.9. The fraction of sp³-hybridized carbons (Fsp3) is 0.353. The first-order chi connectivity index (χ1) is 12.8. The highest BCUT2D eigenvalue weighted by Crippen LogP contribution is 2.20. The van der Waals surface area contributed by atoms with Crippen LogP contribution in [0.4, 0.5) is 0 Å². The van der Waals surface area contributed by atoms with E-state index in [0.717, 1.165) is 19.9 Å². The van der Waals surface area contributed by atoms with Gasteiger partial charge in [-0.05, 0) is 38.1 Å². The number of ether oxygens (including phenoxy) is 1. The van der Waals surface area contributed by atoms with Gasteiger partial charge in [-0.15, -0.1) is 11.3 Å². The second-order valence-corrected chi connectivity index (χ2v) is 9.26. The second-order valence-electron chi connectivity index (χ2n) is 6.03. The van der Waals surface area contributed by atoms with E-state index in [0.29, 0.717) is 0 Å². The number of hydrogen-bond donors (Lipinski definition) is 1. The molecule has 1 amide bonds. The van der Waals surface area contributed by atoms with Crippen molar-refractivity contribution in [2.24, 2.45) is 0 Å². The number of amides is 1. The number of thiazole rings is 1. The van der Waals surface area contributed by atoms with E-state index >= 15 is 0 Å². The molecular weight excluding hydrogens is 390 g/mol. The Hall–Kier alpha value is -2.30. The van der Waals surface area contributed by atoms with Crippen LogP contribution in [0.15, 0.2) is 29.2 Å². The SMILES string of the molecule is Cc1nc(C)c(COC(=O)c2ccc(S(=O)(=O)N3CCNC(=O)C3)cc2)s1. The fourth-order valence-electron chi connectivity index (χ4n) is 2.65. The maximum atomic E-state index is 12.6. The lowest BCUT2D eigenvalue weighted by molar-refractivity contribution is -0.122. The molecule has 8 nitrogen and oxygen atoms in total. The zero-order valence-corrected chi connectivity index (χ0v) is 16.5. The van der Waals surface area contributed by atoms with Crippen LogP contribution in [0.5, 0.6) is 0 Å². The number of nitrogens with zero attached hydrogens (tertiary/aromatic N) is 2. The van der Waals surface area contributed by atoms with Gasteiger partial charge >= 0.3 is 5.97 Å². The summed E-state index contributed by atoms with van der Waals surface area (Å²) in [6, 6.07) is 5.51. The van der Waals surface area contributed by atoms with Crippen molar-refractivity contribution in [3.63, 3.8) is 0 Å². The van der Waals surface area contributed by atoms with Crippen LogP contribution in [0.25, 0.3) is 0 Å². The van der Waals surface area contributed by atoms with Crippen LogP contribution in [0.3, 0.4) is 0 Å². The number of rotatable bonds is 5. The van der Waals surface area contributed by atoms with Gasteiger partial charge in [-0.1, -0.05) is 0 Å². The number of sulfonamides is 1. The van der Waals surface area contributed by atoms with E-state index in [4.69, 9.17) is 4.74 Å². The van der Waals surface area contributed by atoms with Crippen LogP contribution in [-0.4, -0.2) is 49.2 Å². The molecule has 1 aromatic heterocycles. The lowest BCUT2D eigenvalue weighted by Gasteiger charge is -2.25. The van der Waals surface area contributed by atoms with Gasteiger partial charge in [0, 0.05) is 13.1 Å². The average Bonchev–Trinajstić information content (AvgIpc) is 2.97. The monoisotopic (exact) mass is 409 g/mol. The predicted octanol–water partition coefficient (Wildman–Crippen LogP) is 1.24. The van der Waals surface area contributed by atoms with Crippen LogP contribution >= 0.6 is 11.3 Å². The molecule has 2 heterocycles. The number of aromatic nitrogens is 1. The number of carbonyl (C=O) groups is 2. The van der Waals surface area contributed by atoms with Gasteiger partial charge in [-0.25, -0.2) is 18.2 Å². The summed E-state index contributed by atoms with van der Waals surface area (Å²) in [4.78, 5) is 28.8. The first-order valence-electron chi connectivity index (χ1n) is 8.24. The molecule has 0 aliphatic carbocycles. The Morgan fingerprint density at radius 1 is 1.30 bits per heavy atom. The fourth-order valence-corrected chi connectivity index (χ4v) is 4.90. The highest BCUT2D eigenvalue weighted by Gasteiger charge is 2.29. The van der Waals surface area contributed by atoms with Crippen molar-refractivity contribution < 1.29 is 22.7 Å². The average molecular weight is 409 g/mol. The van der Waals surface area contributed by atoms with Gasteiger partial charge in [0.05, 0.1) is 32.6 Å². The molecule has 3 rings (SSSR count). The van der Waals surface area contributed by atoms with Crippen molar-refractivity contribution in [1.82, 2.24) is 14.6 Å². The molecule has 1 aliphatic heterocycles. The third kappa shape index (κ3) is 4.34. The summed E-state index contributed by atoms with van der Waals surface area (Å²) < 4.78 is 31.6. The van der Waals surface area contributed by atoms with E-state index in [9.17, 15) is 18.0 Å². The maximum absolute atomic E-state index is 12.6. The number of carbonyl (C=O) groups excluding carboxylic acids is 2. The Balaban J connectivity index is 1.68. The molecule has 0 atom stereocenters. The van der Waals surface area contributed by atoms with E-state index in [-0.39, 0.29) is 42.6 Å². The lowest BCUT2D eigenvalue weighted by Crippen LogP contribution is -2.49. The Morgan fingerprint density at radius 3 is 2.59 bits per heavy atom. The minimum atomic E-state index is -3.78. The molecule has 27 heavy (non-hydrogen) atoms. The van der Waals surface area contributed by atoms with Crippen molar-refractivity contribution in [3.8, 4) is 0 Å². The van der Waals surface area contributed by atoms with Crippen molar-refractivity contribution in [2.45, 2.75) is 25.3 Å². The molecule has 1 aromatic carbocycles. The molecule has 0 unspecified atom stereocenters. The summed E-state index contributed by atoms with van der Waals surface area (Å²) in [7, 11) is -3.78. The van der Waals surface area contributed by atoms with Crippen LogP contribution in [0.1, 0.15) is 25.9 Å². The van der Waals surface area contributed by atoms with Gasteiger partial charge in [0.2, 0.25) is 15.9 Å². The Morgan fingerprint density at radius 2 is 2.00 bits per heavy atom. The molecule has 1 aliphatic rings. The largest absolute Gasteiger partial charge is 0.456 e. The molecule has 144 valence electrons. The molecule has 0 saturated carbocycles. The van der Waals surface area contributed by atoms with Gasteiger partial charge in [-0.2, -0.15) is 4.31 Å². The highest BCUT2D eigenvalue weighted by molar-refractivity contribution is 7.89. The van der Waals surface area contributed by atoms with Gasteiger partial charge in [0.1, 0.15) is 6.61 Å². The molecule has 10 heteroatoms. The van der Waals surface area contributed by atoms with Crippen molar-refractivity contribution in [3.05, 3.63) is 45.4 Å². The maximum Gasteiger partial charge on any atom is 0.338 e. The van der Waals surface area contributed by atoms with E-state index in [1.165, 1.54) is 35.6 Å². The van der Waals surface area contributed by atoms with Crippen LogP contribution < -0.4 is 5.32 Å². The first-order valence-corrected chi connectivity index (χ1v) is 10.5. The normalized spacial score (nSPS) is 15.4. The minimum Gasteiger partial charge on any atom is -0.456 e. The molecule has 1 saturated heterocycles. The number of benzene rings is 1. The van der Waals surface area contributed by atoms with E-state index in [2.05, 4.69) is 10.3 Å².